The average molecular weight is 298 g/mol. The predicted octanol–water partition coefficient (Wildman–Crippen LogP) is 3.52. The van der Waals surface area contributed by atoms with Crippen LogP contribution < -0.4 is 0 Å². The summed E-state index contributed by atoms with van der Waals surface area (Å²) in [5.41, 5.74) is 0.898. The molecular formula is C14H10N4O2S. The van der Waals surface area contributed by atoms with E-state index in [4.69, 9.17) is 8.83 Å². The minimum absolute atomic E-state index is 0.685. The van der Waals surface area contributed by atoms with Crippen LogP contribution in [0.3, 0.4) is 0 Å². The Labute approximate surface area is 123 Å². The van der Waals surface area contributed by atoms with Crippen molar-refractivity contribution in [1.82, 2.24) is 19.8 Å². The van der Waals surface area contributed by atoms with Crippen molar-refractivity contribution in [2.75, 3.05) is 0 Å². The summed E-state index contributed by atoms with van der Waals surface area (Å²) in [7, 11) is 0. The van der Waals surface area contributed by atoms with Gasteiger partial charge in [-0.1, -0.05) is 11.3 Å². The molecule has 0 unspecified atom stereocenters. The molecule has 0 spiro atoms. The molecule has 7 heteroatoms. The summed E-state index contributed by atoms with van der Waals surface area (Å²) >= 11 is 1.46. The predicted molar refractivity (Wildman–Crippen MR) is 78.7 cm³/mol. The van der Waals surface area contributed by atoms with Gasteiger partial charge in [0.25, 0.3) is 0 Å². The van der Waals surface area contributed by atoms with E-state index in [1.54, 1.807) is 17.0 Å². The maximum absolute atomic E-state index is 5.31. The molecule has 0 bridgehead atoms. The van der Waals surface area contributed by atoms with E-state index < -0.39 is 0 Å². The van der Waals surface area contributed by atoms with Gasteiger partial charge in [0.15, 0.2) is 5.82 Å². The van der Waals surface area contributed by atoms with E-state index in [9.17, 15) is 0 Å². The molecule has 0 aliphatic carbocycles. The Balaban J connectivity index is 1.74. The summed E-state index contributed by atoms with van der Waals surface area (Å²) in [5.74, 6) is 2.27. The molecule has 21 heavy (non-hydrogen) atoms. The molecule has 0 atom stereocenters. The van der Waals surface area contributed by atoms with E-state index in [0.29, 0.717) is 5.82 Å². The van der Waals surface area contributed by atoms with Crippen molar-refractivity contribution in [2.45, 2.75) is 6.92 Å². The van der Waals surface area contributed by atoms with Gasteiger partial charge in [-0.3, -0.25) is 0 Å². The fourth-order valence-electron chi connectivity index (χ4n) is 2.02. The van der Waals surface area contributed by atoms with Crippen LogP contribution >= 0.6 is 11.3 Å². The molecule has 0 amide bonds. The van der Waals surface area contributed by atoms with Crippen LogP contribution in [0, 0.1) is 6.92 Å². The van der Waals surface area contributed by atoms with E-state index in [2.05, 4.69) is 15.3 Å². The molecule has 0 saturated heterocycles. The Bertz CT molecular complexity index is 914. The number of furan rings is 2. The summed E-state index contributed by atoms with van der Waals surface area (Å²) < 4.78 is 12.3. The Kier molecular flexibility index (Phi) is 2.71. The highest BCUT2D eigenvalue weighted by Gasteiger charge is 2.15. The second-order valence-corrected chi connectivity index (χ2v) is 5.39. The number of hydrogen-bond acceptors (Lipinski definition) is 6. The van der Waals surface area contributed by atoms with E-state index in [1.807, 2.05) is 37.3 Å². The topological polar surface area (TPSA) is 69.4 Å². The molecule has 0 radical (unpaired) electrons. The first-order valence-electron chi connectivity index (χ1n) is 6.29. The molecule has 4 rings (SSSR count). The van der Waals surface area contributed by atoms with Crippen molar-refractivity contribution >= 4 is 28.4 Å². The summed E-state index contributed by atoms with van der Waals surface area (Å²) in [6.07, 6.45) is 7.03. The van der Waals surface area contributed by atoms with Gasteiger partial charge in [0.05, 0.1) is 18.1 Å². The van der Waals surface area contributed by atoms with Crippen LogP contribution in [0.2, 0.25) is 0 Å². The van der Waals surface area contributed by atoms with Crippen molar-refractivity contribution in [3.63, 3.8) is 0 Å². The van der Waals surface area contributed by atoms with Gasteiger partial charge in [0, 0.05) is 0 Å². The zero-order valence-electron chi connectivity index (χ0n) is 11.1. The smallest absolute Gasteiger partial charge is 0.235 e. The summed E-state index contributed by atoms with van der Waals surface area (Å²) in [4.78, 5) is 0.740. The van der Waals surface area contributed by atoms with E-state index in [0.717, 1.165) is 27.1 Å². The molecule has 0 fully saturated rings. The van der Waals surface area contributed by atoms with Gasteiger partial charge in [0.2, 0.25) is 4.96 Å². The second-order valence-electron chi connectivity index (χ2n) is 4.40. The van der Waals surface area contributed by atoms with Crippen molar-refractivity contribution in [2.24, 2.45) is 0 Å². The minimum Gasteiger partial charge on any atom is -0.469 e. The Morgan fingerprint density at radius 3 is 2.86 bits per heavy atom. The molecule has 4 aromatic heterocycles. The fourth-order valence-corrected chi connectivity index (χ4v) is 2.76. The fraction of sp³-hybridized carbons (Fsp3) is 0.0714. The SMILES string of the molecule is Cc1occc1-c1nnc2sc(/C=C/c3ccco3)nn12. The molecule has 0 aliphatic rings. The lowest BCUT2D eigenvalue weighted by molar-refractivity contribution is 0.535. The average Bonchev–Trinajstić information content (AvgIpc) is 3.20. The van der Waals surface area contributed by atoms with Crippen LogP contribution in [-0.4, -0.2) is 19.8 Å². The van der Waals surface area contributed by atoms with Crippen LogP contribution in [0.5, 0.6) is 0 Å². The summed E-state index contributed by atoms with van der Waals surface area (Å²) in [6, 6.07) is 5.60. The Morgan fingerprint density at radius 2 is 2.10 bits per heavy atom. The molecule has 0 N–H and O–H groups in total. The second kappa shape index (κ2) is 4.71. The van der Waals surface area contributed by atoms with Crippen LogP contribution in [0.25, 0.3) is 28.5 Å². The largest absolute Gasteiger partial charge is 0.469 e. The van der Waals surface area contributed by atoms with Crippen molar-refractivity contribution in [1.29, 1.82) is 0 Å². The van der Waals surface area contributed by atoms with E-state index in [1.165, 1.54) is 11.3 Å². The van der Waals surface area contributed by atoms with Gasteiger partial charge >= 0.3 is 0 Å². The number of rotatable bonds is 3. The van der Waals surface area contributed by atoms with Crippen LogP contribution in [-0.2, 0) is 0 Å². The zero-order chi connectivity index (χ0) is 14.2. The molecule has 0 aliphatic heterocycles. The van der Waals surface area contributed by atoms with Crippen molar-refractivity contribution < 1.29 is 8.83 Å². The number of hydrogen-bond donors (Lipinski definition) is 0. The first-order valence-corrected chi connectivity index (χ1v) is 7.11. The van der Waals surface area contributed by atoms with Crippen LogP contribution in [0.1, 0.15) is 16.5 Å². The lowest BCUT2D eigenvalue weighted by atomic mass is 10.2. The van der Waals surface area contributed by atoms with Gasteiger partial charge in [-0.2, -0.15) is 9.61 Å². The monoisotopic (exact) mass is 298 g/mol. The lowest BCUT2D eigenvalue weighted by Gasteiger charge is -1.92. The maximum Gasteiger partial charge on any atom is 0.235 e. The van der Waals surface area contributed by atoms with Crippen LogP contribution in [0.4, 0.5) is 0 Å². The minimum atomic E-state index is 0.685. The highest BCUT2D eigenvalue weighted by molar-refractivity contribution is 7.17. The standard InChI is InChI=1S/C14H10N4O2S/c1-9-11(6-8-19-9)13-15-16-14-18(13)17-12(21-14)5-4-10-3-2-7-20-10/h2-8H,1H3/b5-4+. The Hall–Kier alpha value is -2.67. The summed E-state index contributed by atoms with van der Waals surface area (Å²) in [5, 5.41) is 13.7. The van der Waals surface area contributed by atoms with Crippen LogP contribution in [0.15, 0.2) is 39.6 Å². The third kappa shape index (κ3) is 2.07. The van der Waals surface area contributed by atoms with Gasteiger partial charge in [-0.15, -0.1) is 10.2 Å². The molecule has 4 aromatic rings. The Morgan fingerprint density at radius 1 is 1.14 bits per heavy atom. The first-order chi connectivity index (χ1) is 10.3. The molecule has 4 heterocycles. The third-order valence-electron chi connectivity index (χ3n) is 3.04. The van der Waals surface area contributed by atoms with Gasteiger partial charge < -0.3 is 8.83 Å². The lowest BCUT2D eigenvalue weighted by Crippen LogP contribution is -1.90. The van der Waals surface area contributed by atoms with Gasteiger partial charge in [0.1, 0.15) is 16.5 Å². The highest BCUT2D eigenvalue weighted by Crippen LogP contribution is 2.25. The highest BCUT2D eigenvalue weighted by atomic mass is 32.1. The summed E-state index contributed by atoms with van der Waals surface area (Å²) in [6.45, 7) is 1.89. The van der Waals surface area contributed by atoms with Crippen molar-refractivity contribution in [3.05, 3.63) is 47.3 Å². The van der Waals surface area contributed by atoms with Gasteiger partial charge in [-0.25, -0.2) is 0 Å². The quantitative estimate of drug-likeness (QED) is 0.579. The number of aryl methyl sites for hydroxylation is 1. The molecule has 0 saturated carbocycles. The molecule has 0 aromatic carbocycles. The van der Waals surface area contributed by atoms with E-state index >= 15 is 0 Å². The normalized spacial score (nSPS) is 11.9. The number of fused-ring (bicyclic) bond motifs is 1. The molecule has 6 nitrogen and oxygen atoms in total. The maximum atomic E-state index is 5.31. The third-order valence-corrected chi connectivity index (χ3v) is 3.90. The zero-order valence-corrected chi connectivity index (χ0v) is 11.9. The van der Waals surface area contributed by atoms with Gasteiger partial charge in [-0.05, 0) is 37.3 Å². The first kappa shape index (κ1) is 12.1. The molecular weight excluding hydrogens is 288 g/mol. The van der Waals surface area contributed by atoms with E-state index in [-0.39, 0.29) is 0 Å². The number of nitrogens with zero attached hydrogens (tertiary/aromatic N) is 4. The number of aromatic nitrogens is 4. The van der Waals surface area contributed by atoms with Crippen molar-refractivity contribution in [3.8, 4) is 11.4 Å². The molecule has 104 valence electrons.